The number of esters is 1. The predicted molar refractivity (Wildman–Crippen MR) is 47.0 cm³/mol. The number of nitrogens with one attached hydrogen (secondary N) is 1. The minimum Gasteiger partial charge on any atom is -0.427 e. The Morgan fingerprint density at radius 2 is 1.86 bits per heavy atom. The van der Waals surface area contributed by atoms with Gasteiger partial charge in [0.05, 0.1) is 0 Å². The van der Waals surface area contributed by atoms with E-state index in [9.17, 15) is 9.59 Å². The molecule has 0 radical (unpaired) electrons. The zero-order chi connectivity index (χ0) is 10.6. The van der Waals surface area contributed by atoms with E-state index >= 15 is 0 Å². The molecule has 0 unspecified atom stereocenters. The van der Waals surface area contributed by atoms with E-state index < -0.39 is 11.9 Å². The fraction of sp³-hybridized carbons (Fsp3) is 0.111. The van der Waals surface area contributed by atoms with Crippen LogP contribution < -0.4 is 10.2 Å². The largest absolute Gasteiger partial charge is 0.427 e. The minimum atomic E-state index is -0.612. The SMILES string of the molecule is CC(=O)Oc1ccc(C(=O)NO)cc1. The molecule has 74 valence electrons. The van der Waals surface area contributed by atoms with Gasteiger partial charge in [-0.3, -0.25) is 14.8 Å². The highest BCUT2D eigenvalue weighted by atomic mass is 16.5. The molecular formula is C9H9NO4. The predicted octanol–water partition coefficient (Wildman–Crippen LogP) is 0.731. The number of hydroxylamine groups is 1. The number of rotatable bonds is 2. The van der Waals surface area contributed by atoms with Gasteiger partial charge in [0, 0.05) is 12.5 Å². The third kappa shape index (κ3) is 2.56. The zero-order valence-electron chi connectivity index (χ0n) is 7.48. The van der Waals surface area contributed by atoms with Crippen LogP contribution in [0, 0.1) is 0 Å². The number of ether oxygens (including phenoxy) is 1. The zero-order valence-corrected chi connectivity index (χ0v) is 7.48. The van der Waals surface area contributed by atoms with E-state index in [-0.39, 0.29) is 5.56 Å². The maximum Gasteiger partial charge on any atom is 0.308 e. The highest BCUT2D eigenvalue weighted by molar-refractivity contribution is 5.93. The lowest BCUT2D eigenvalue weighted by molar-refractivity contribution is -0.131. The van der Waals surface area contributed by atoms with Gasteiger partial charge in [-0.15, -0.1) is 0 Å². The van der Waals surface area contributed by atoms with Gasteiger partial charge in [-0.2, -0.15) is 0 Å². The number of carbonyl (C=O) groups is 2. The average Bonchev–Trinajstić information content (AvgIpc) is 2.17. The Morgan fingerprint density at radius 1 is 1.29 bits per heavy atom. The Hall–Kier alpha value is -1.88. The van der Waals surface area contributed by atoms with Gasteiger partial charge in [0.1, 0.15) is 5.75 Å². The average molecular weight is 195 g/mol. The molecule has 1 aromatic carbocycles. The van der Waals surface area contributed by atoms with Crippen LogP contribution in [0.3, 0.4) is 0 Å². The molecule has 0 bridgehead atoms. The molecule has 14 heavy (non-hydrogen) atoms. The van der Waals surface area contributed by atoms with Crippen LogP contribution in [-0.4, -0.2) is 17.1 Å². The number of hydrogen-bond acceptors (Lipinski definition) is 4. The fourth-order valence-corrected chi connectivity index (χ4v) is 0.905. The van der Waals surface area contributed by atoms with Crippen molar-refractivity contribution in [3.63, 3.8) is 0 Å². The van der Waals surface area contributed by atoms with Crippen LogP contribution in [0.4, 0.5) is 0 Å². The monoisotopic (exact) mass is 195 g/mol. The maximum absolute atomic E-state index is 10.9. The molecule has 0 fully saturated rings. The maximum atomic E-state index is 10.9. The molecule has 0 heterocycles. The van der Waals surface area contributed by atoms with Crippen molar-refractivity contribution < 1.29 is 19.5 Å². The minimum absolute atomic E-state index is 0.281. The van der Waals surface area contributed by atoms with Gasteiger partial charge < -0.3 is 4.74 Å². The number of amides is 1. The van der Waals surface area contributed by atoms with E-state index in [1.165, 1.54) is 36.7 Å². The van der Waals surface area contributed by atoms with Crippen molar-refractivity contribution in [3.8, 4) is 5.75 Å². The third-order valence-corrected chi connectivity index (χ3v) is 1.48. The van der Waals surface area contributed by atoms with Crippen LogP contribution in [0.5, 0.6) is 5.75 Å². The van der Waals surface area contributed by atoms with Crippen LogP contribution in [-0.2, 0) is 4.79 Å². The first-order valence-electron chi connectivity index (χ1n) is 3.86. The summed E-state index contributed by atoms with van der Waals surface area (Å²) in [4.78, 5) is 21.4. The molecule has 1 rings (SSSR count). The van der Waals surface area contributed by atoms with Gasteiger partial charge in [0.15, 0.2) is 0 Å². The lowest BCUT2D eigenvalue weighted by Crippen LogP contribution is -2.18. The second kappa shape index (κ2) is 4.38. The van der Waals surface area contributed by atoms with Crippen LogP contribution in [0.2, 0.25) is 0 Å². The molecular weight excluding hydrogens is 186 g/mol. The Morgan fingerprint density at radius 3 is 2.29 bits per heavy atom. The van der Waals surface area contributed by atoms with Gasteiger partial charge in [0.2, 0.25) is 0 Å². The molecule has 5 heteroatoms. The normalized spacial score (nSPS) is 9.29. The number of hydrogen-bond donors (Lipinski definition) is 2. The second-order valence-corrected chi connectivity index (χ2v) is 2.56. The van der Waals surface area contributed by atoms with E-state index in [2.05, 4.69) is 0 Å². The van der Waals surface area contributed by atoms with Crippen molar-refractivity contribution in [2.45, 2.75) is 6.92 Å². The van der Waals surface area contributed by atoms with Gasteiger partial charge >= 0.3 is 5.97 Å². The molecule has 1 amide bonds. The first kappa shape index (κ1) is 10.2. The summed E-state index contributed by atoms with van der Waals surface area (Å²) in [6.07, 6.45) is 0. The van der Waals surface area contributed by atoms with E-state index in [0.29, 0.717) is 5.75 Å². The molecule has 0 aliphatic rings. The van der Waals surface area contributed by atoms with E-state index in [1.807, 2.05) is 0 Å². The van der Waals surface area contributed by atoms with E-state index in [0.717, 1.165) is 0 Å². The summed E-state index contributed by atoms with van der Waals surface area (Å²) in [6.45, 7) is 1.29. The van der Waals surface area contributed by atoms with Gasteiger partial charge in [-0.25, -0.2) is 5.48 Å². The topological polar surface area (TPSA) is 75.6 Å². The lowest BCUT2D eigenvalue weighted by Gasteiger charge is -2.01. The molecule has 2 N–H and O–H groups in total. The summed E-state index contributed by atoms with van der Waals surface area (Å²) in [5.41, 5.74) is 1.78. The van der Waals surface area contributed by atoms with Crippen LogP contribution in [0.15, 0.2) is 24.3 Å². The molecule has 0 aliphatic carbocycles. The highest BCUT2D eigenvalue weighted by Crippen LogP contribution is 2.11. The second-order valence-electron chi connectivity index (χ2n) is 2.56. The summed E-state index contributed by atoms with van der Waals surface area (Å²) in [5.74, 6) is -0.685. The summed E-state index contributed by atoms with van der Waals surface area (Å²) < 4.78 is 4.75. The summed E-state index contributed by atoms with van der Waals surface area (Å²) >= 11 is 0. The fourth-order valence-electron chi connectivity index (χ4n) is 0.905. The molecule has 0 atom stereocenters. The Bertz CT molecular complexity index is 344. The van der Waals surface area contributed by atoms with Crippen LogP contribution >= 0.6 is 0 Å². The summed E-state index contributed by atoms with van der Waals surface area (Å²) in [7, 11) is 0. The molecule has 0 aromatic heterocycles. The van der Waals surface area contributed by atoms with Crippen molar-refractivity contribution in [2.75, 3.05) is 0 Å². The van der Waals surface area contributed by atoms with Gasteiger partial charge in [-0.05, 0) is 24.3 Å². The van der Waals surface area contributed by atoms with Crippen molar-refractivity contribution in [3.05, 3.63) is 29.8 Å². The smallest absolute Gasteiger partial charge is 0.308 e. The molecule has 1 aromatic rings. The summed E-state index contributed by atoms with van der Waals surface area (Å²) in [5, 5.41) is 8.32. The number of carbonyl (C=O) groups excluding carboxylic acids is 2. The first-order chi connectivity index (χ1) is 6.63. The summed E-state index contributed by atoms with van der Waals surface area (Å²) in [6, 6.07) is 5.80. The quantitative estimate of drug-likeness (QED) is 0.315. The van der Waals surface area contributed by atoms with Gasteiger partial charge in [-0.1, -0.05) is 0 Å². The van der Waals surface area contributed by atoms with Crippen LogP contribution in [0.1, 0.15) is 17.3 Å². The van der Waals surface area contributed by atoms with Crippen molar-refractivity contribution in [1.29, 1.82) is 0 Å². The molecule has 0 spiro atoms. The molecule has 0 saturated carbocycles. The lowest BCUT2D eigenvalue weighted by atomic mass is 10.2. The molecule has 0 aliphatic heterocycles. The standard InChI is InChI=1S/C9H9NO4/c1-6(11)14-8-4-2-7(3-5-8)9(12)10-13/h2-5,13H,1H3,(H,10,12). The molecule has 0 saturated heterocycles. The Balaban J connectivity index is 2.78. The first-order valence-corrected chi connectivity index (χ1v) is 3.86. The van der Waals surface area contributed by atoms with Crippen molar-refractivity contribution in [1.82, 2.24) is 5.48 Å². The van der Waals surface area contributed by atoms with E-state index in [1.54, 1.807) is 0 Å². The third-order valence-electron chi connectivity index (χ3n) is 1.48. The van der Waals surface area contributed by atoms with Crippen molar-refractivity contribution in [2.24, 2.45) is 0 Å². The number of benzene rings is 1. The van der Waals surface area contributed by atoms with Crippen LogP contribution in [0.25, 0.3) is 0 Å². The Labute approximate surface area is 80.3 Å². The van der Waals surface area contributed by atoms with E-state index in [4.69, 9.17) is 9.94 Å². The molecule has 5 nitrogen and oxygen atoms in total. The Kier molecular flexibility index (Phi) is 3.19. The van der Waals surface area contributed by atoms with Crippen molar-refractivity contribution >= 4 is 11.9 Å². The van der Waals surface area contributed by atoms with Gasteiger partial charge in [0.25, 0.3) is 5.91 Å². The highest BCUT2D eigenvalue weighted by Gasteiger charge is 2.04.